The molecule has 0 aliphatic rings. The van der Waals surface area contributed by atoms with E-state index in [1.807, 2.05) is 34.0 Å². The normalized spacial score (nSPS) is 8.79. The molecule has 0 unspecified atom stereocenters. The summed E-state index contributed by atoms with van der Waals surface area (Å²) in [7, 11) is 7.26. The molecule has 0 saturated heterocycles. The number of hydrogen-bond donors (Lipinski definition) is 1. The number of thiocarbonyl (C=S) groups is 2. The monoisotopic (exact) mass is 524 g/mol. The van der Waals surface area contributed by atoms with E-state index in [1.165, 1.54) is 0 Å². The van der Waals surface area contributed by atoms with Gasteiger partial charge in [0.25, 0.3) is 5.17 Å². The summed E-state index contributed by atoms with van der Waals surface area (Å²) in [5.74, 6) is 1.02. The first-order valence-corrected chi connectivity index (χ1v) is 10.9. The number of benzene rings is 2. The Morgan fingerprint density at radius 1 is 0.824 bits per heavy atom. The van der Waals surface area contributed by atoms with Crippen LogP contribution < -0.4 is 4.74 Å². The fourth-order valence-corrected chi connectivity index (χ4v) is 2.46. The number of hydrogen-bond acceptors (Lipinski definition) is 6. The predicted octanol–water partition coefficient (Wildman–Crippen LogP) is 5.51. The average Bonchev–Trinajstić information content (AvgIpc) is 2.74. The zero-order valence-corrected chi connectivity index (χ0v) is 22.9. The van der Waals surface area contributed by atoms with E-state index in [2.05, 4.69) is 18.3 Å². The third-order valence-corrected chi connectivity index (χ3v) is 5.27. The molecule has 2 rings (SSSR count). The second kappa shape index (κ2) is 15.8. The molecule has 2 aromatic carbocycles. The molecule has 0 heterocycles. The molecule has 0 fully saturated rings. The van der Waals surface area contributed by atoms with Crippen molar-refractivity contribution in [3.8, 4) is 23.6 Å². The number of nitrogens with zero attached hydrogens (tertiary/aromatic N) is 4. The summed E-state index contributed by atoms with van der Waals surface area (Å²) in [5, 5.41) is 27.1. The Kier molecular flexibility index (Phi) is 15.4. The van der Waals surface area contributed by atoms with E-state index in [1.54, 1.807) is 62.0 Å². The summed E-state index contributed by atoms with van der Waals surface area (Å²) in [6, 6.07) is 11.1. The van der Waals surface area contributed by atoms with Crippen molar-refractivity contribution in [3.05, 3.63) is 57.6 Å². The minimum atomic E-state index is 0. The molecule has 0 aliphatic carbocycles. The van der Waals surface area contributed by atoms with Crippen molar-refractivity contribution < 1.29 is 14.5 Å². The van der Waals surface area contributed by atoms with Gasteiger partial charge in [0.1, 0.15) is 11.5 Å². The highest BCUT2D eigenvalue weighted by molar-refractivity contribution is 7.83. The van der Waals surface area contributed by atoms with E-state index in [4.69, 9.17) is 39.1 Å². The molecule has 0 aliphatic heterocycles. The number of phenolic OH excluding ortho intramolecular Hbond substituents is 1. The number of phenols is 1. The summed E-state index contributed by atoms with van der Waals surface area (Å²) in [5.41, 5.74) is 4.57. The molecule has 0 atom stereocenters. The zero-order chi connectivity index (χ0) is 25.9. The van der Waals surface area contributed by atoms with Gasteiger partial charge >= 0.3 is 0 Å². The summed E-state index contributed by atoms with van der Waals surface area (Å²) in [6.45, 7) is 7.37. The lowest BCUT2D eigenvalue weighted by Crippen LogP contribution is -2.25. The van der Waals surface area contributed by atoms with Crippen LogP contribution >= 0.6 is 36.0 Å². The highest BCUT2D eigenvalue weighted by atomic mass is 35.5. The predicted molar refractivity (Wildman–Crippen MR) is 144 cm³/mol. The molecule has 0 saturated carbocycles. The lowest BCUT2D eigenvalue weighted by atomic mass is 10.1. The van der Waals surface area contributed by atoms with Crippen LogP contribution in [-0.2, 0) is 0 Å². The molecular formula is C24H30ClFN4O2S2. The topological polar surface area (TPSA) is 83.5 Å². The first kappa shape index (κ1) is 33.2. The Balaban J connectivity index is 0. The smallest absolute Gasteiger partial charge is 0.264 e. The molecule has 0 spiro atoms. The van der Waals surface area contributed by atoms with Crippen molar-refractivity contribution >= 4 is 45.7 Å². The Morgan fingerprint density at radius 2 is 1.15 bits per heavy atom. The van der Waals surface area contributed by atoms with Gasteiger partial charge in [0, 0.05) is 28.2 Å². The molecule has 6 nitrogen and oxygen atoms in total. The van der Waals surface area contributed by atoms with Crippen LogP contribution in [0.1, 0.15) is 33.4 Å². The molecule has 2 aromatic rings. The first-order valence-electron chi connectivity index (χ1n) is 9.72. The van der Waals surface area contributed by atoms with Crippen LogP contribution in [0, 0.1) is 50.4 Å². The molecule has 0 bridgehead atoms. The van der Waals surface area contributed by atoms with Gasteiger partial charge in [-0.2, -0.15) is 10.5 Å². The number of ether oxygens (including phenoxy) is 1. The van der Waals surface area contributed by atoms with Crippen LogP contribution in [0.25, 0.3) is 0 Å². The second-order valence-corrected chi connectivity index (χ2v) is 8.85. The van der Waals surface area contributed by atoms with Gasteiger partial charge in [-0.15, -0.1) is 0 Å². The van der Waals surface area contributed by atoms with Crippen molar-refractivity contribution in [1.82, 2.24) is 9.80 Å². The Bertz CT molecular complexity index is 1050. The average molecular weight is 525 g/mol. The number of aryl methyl sites for hydroxylation is 4. The summed E-state index contributed by atoms with van der Waals surface area (Å²) in [4.78, 5) is 3.39. The van der Waals surface area contributed by atoms with Gasteiger partial charge in [0.15, 0.2) is 4.45 Å². The van der Waals surface area contributed by atoms with Gasteiger partial charge in [-0.25, -0.2) is 0 Å². The third kappa shape index (κ3) is 11.2. The van der Waals surface area contributed by atoms with Gasteiger partial charge in [-0.1, -0.05) is 11.6 Å². The van der Waals surface area contributed by atoms with Crippen LogP contribution in [0.2, 0.25) is 0 Å². The minimum Gasteiger partial charge on any atom is -0.507 e. The molecule has 10 heteroatoms. The Morgan fingerprint density at radius 3 is 1.41 bits per heavy atom. The number of nitriles is 2. The SMILES string of the molecule is CN(C)C(=S)Cl.Cc1cc(C#N)cc(C)c1O.Cc1cc(C#N)cc(C)c1OC(=S)N(C)C.F. The fourth-order valence-electron chi connectivity index (χ4n) is 2.37. The maximum atomic E-state index is 9.32. The largest absolute Gasteiger partial charge is 0.507 e. The number of aromatic hydroxyl groups is 1. The molecule has 0 aromatic heterocycles. The van der Waals surface area contributed by atoms with E-state index in [-0.39, 0.29) is 10.5 Å². The van der Waals surface area contributed by atoms with Gasteiger partial charge in [-0.05, 0) is 98.6 Å². The molecule has 0 amide bonds. The van der Waals surface area contributed by atoms with E-state index in [9.17, 15) is 5.11 Å². The van der Waals surface area contributed by atoms with E-state index in [0.717, 1.165) is 28.0 Å². The van der Waals surface area contributed by atoms with Crippen molar-refractivity contribution in [1.29, 1.82) is 10.5 Å². The first-order chi connectivity index (χ1) is 15.2. The molecule has 34 heavy (non-hydrogen) atoms. The van der Waals surface area contributed by atoms with Gasteiger partial charge in [0.2, 0.25) is 0 Å². The van der Waals surface area contributed by atoms with E-state index in [0.29, 0.717) is 20.7 Å². The van der Waals surface area contributed by atoms with Crippen LogP contribution in [0.15, 0.2) is 24.3 Å². The number of halogens is 2. The van der Waals surface area contributed by atoms with Crippen molar-refractivity contribution in [2.24, 2.45) is 0 Å². The molecule has 1 N–H and O–H groups in total. The summed E-state index contributed by atoms with van der Waals surface area (Å²) in [6.07, 6.45) is 0. The van der Waals surface area contributed by atoms with Crippen molar-refractivity contribution in [2.75, 3.05) is 28.2 Å². The lowest BCUT2D eigenvalue weighted by molar-refractivity contribution is 0.445. The van der Waals surface area contributed by atoms with E-state index >= 15 is 0 Å². The Hall–Kier alpha value is -2.98. The lowest BCUT2D eigenvalue weighted by Gasteiger charge is -2.17. The third-order valence-electron chi connectivity index (χ3n) is 4.12. The molecular weight excluding hydrogens is 495 g/mol. The quantitative estimate of drug-likeness (QED) is 0.297. The van der Waals surface area contributed by atoms with Crippen LogP contribution in [0.5, 0.6) is 11.5 Å². The second-order valence-electron chi connectivity index (χ2n) is 7.53. The highest BCUT2D eigenvalue weighted by Gasteiger charge is 2.10. The maximum Gasteiger partial charge on any atom is 0.264 e. The van der Waals surface area contributed by atoms with Gasteiger partial charge in [0.05, 0.1) is 23.3 Å². The molecule has 0 radical (unpaired) electrons. The summed E-state index contributed by atoms with van der Waals surface area (Å²) >= 11 is 14.9. The maximum absolute atomic E-state index is 9.32. The number of rotatable bonds is 1. The highest BCUT2D eigenvalue weighted by Crippen LogP contribution is 2.25. The minimum absolute atomic E-state index is 0. The summed E-state index contributed by atoms with van der Waals surface area (Å²) < 4.78 is 5.98. The fraction of sp³-hybridized carbons (Fsp3) is 0.333. The van der Waals surface area contributed by atoms with Gasteiger partial charge in [-0.3, -0.25) is 4.70 Å². The van der Waals surface area contributed by atoms with Crippen molar-refractivity contribution in [3.63, 3.8) is 0 Å². The standard InChI is InChI=1S/C12H14N2OS.C9H9NO.C3H6ClNS.FH/c1-8-5-10(7-13)6-9(2)11(8)15-12(16)14(3)4;1-6-3-8(5-10)4-7(2)9(6)11;1-5(2)3(4)6;/h5-6H,1-4H3;3-4,11H,1-2H3;1-2H3;1H. The van der Waals surface area contributed by atoms with Crippen LogP contribution in [0.3, 0.4) is 0 Å². The van der Waals surface area contributed by atoms with Crippen LogP contribution in [0.4, 0.5) is 4.70 Å². The zero-order valence-electron chi connectivity index (χ0n) is 20.6. The molecule has 184 valence electrons. The Labute approximate surface area is 217 Å². The van der Waals surface area contributed by atoms with E-state index < -0.39 is 0 Å². The van der Waals surface area contributed by atoms with Gasteiger partial charge < -0.3 is 19.6 Å². The van der Waals surface area contributed by atoms with Crippen LogP contribution in [-0.4, -0.2) is 52.7 Å². The van der Waals surface area contributed by atoms with Crippen molar-refractivity contribution in [2.45, 2.75) is 27.7 Å².